The number of hydrogen-bond acceptors (Lipinski definition) is 7. The van der Waals surface area contributed by atoms with Gasteiger partial charge in [-0.05, 0) is 36.2 Å². The molecule has 2 aromatic heterocycles. The average molecular weight is 508 g/mol. The zero-order valence-corrected chi connectivity index (χ0v) is 18.9. The van der Waals surface area contributed by atoms with Crippen LogP contribution in [0.3, 0.4) is 0 Å². The summed E-state index contributed by atoms with van der Waals surface area (Å²) in [6.07, 6.45) is -2.69. The molecule has 0 saturated carbocycles. The van der Waals surface area contributed by atoms with Crippen LogP contribution in [0, 0.1) is 17.2 Å². The summed E-state index contributed by atoms with van der Waals surface area (Å²) in [5.41, 5.74) is 0.593. The number of alkyl halides is 3. The maximum absolute atomic E-state index is 12.8. The van der Waals surface area contributed by atoms with E-state index in [1.54, 1.807) is 10.7 Å². The summed E-state index contributed by atoms with van der Waals surface area (Å²) in [5.74, 6) is -0.208. The molecule has 35 heavy (non-hydrogen) atoms. The normalized spacial score (nSPS) is 22.1. The third-order valence-electron chi connectivity index (χ3n) is 6.08. The molecule has 2 aliphatic rings. The van der Waals surface area contributed by atoms with Gasteiger partial charge in [-0.25, -0.2) is 8.42 Å². The lowest BCUT2D eigenvalue weighted by Crippen LogP contribution is -2.34. The summed E-state index contributed by atoms with van der Waals surface area (Å²) in [6, 6.07) is 7.54. The molecule has 3 aromatic rings. The second-order valence-electron chi connectivity index (χ2n) is 8.36. The zero-order chi connectivity index (χ0) is 25.0. The minimum absolute atomic E-state index is 0.164. The third kappa shape index (κ3) is 4.15. The Bertz CT molecular complexity index is 1510. The van der Waals surface area contributed by atoms with Crippen molar-refractivity contribution in [2.45, 2.75) is 30.1 Å². The zero-order valence-electron chi connectivity index (χ0n) is 18.0. The number of hydrogen-bond donors (Lipinski definition) is 2. The fourth-order valence-electron chi connectivity index (χ4n) is 4.48. The molecule has 2 N–H and O–H groups in total. The first-order chi connectivity index (χ1) is 16.6. The van der Waals surface area contributed by atoms with Gasteiger partial charge in [-0.1, -0.05) is 0 Å². The van der Waals surface area contributed by atoms with Gasteiger partial charge in [0.25, 0.3) is 5.56 Å². The van der Waals surface area contributed by atoms with Crippen LogP contribution in [0.15, 0.2) is 40.2 Å². The molecule has 184 valence electrons. The summed E-state index contributed by atoms with van der Waals surface area (Å²) in [5, 5.41) is 17.3. The highest BCUT2D eigenvalue weighted by Crippen LogP contribution is 2.36. The average Bonchev–Trinajstić information content (AvgIpc) is 3.28. The summed E-state index contributed by atoms with van der Waals surface area (Å²) < 4.78 is 71.0. The number of benzene rings is 1. The van der Waals surface area contributed by atoms with Crippen LogP contribution in [0.4, 0.5) is 24.7 Å². The predicted octanol–water partition coefficient (Wildman–Crippen LogP) is 2.64. The Morgan fingerprint density at radius 2 is 2.11 bits per heavy atom. The number of H-pyrrole nitrogens is 1. The van der Waals surface area contributed by atoms with E-state index in [1.165, 1.54) is 24.4 Å². The first-order valence-electron chi connectivity index (χ1n) is 10.6. The molecule has 0 bridgehead atoms. The maximum atomic E-state index is 12.8. The van der Waals surface area contributed by atoms with Gasteiger partial charge in [0, 0.05) is 25.0 Å². The fraction of sp³-hybridized carbons (Fsp3) is 0.381. The number of fused-ring (bicyclic) bond motifs is 2. The molecule has 0 radical (unpaired) electrons. The molecule has 1 saturated heterocycles. The molecule has 5 rings (SSSR count). The monoisotopic (exact) mass is 508 g/mol. The van der Waals surface area contributed by atoms with Crippen LogP contribution in [0.1, 0.15) is 18.0 Å². The van der Waals surface area contributed by atoms with Crippen LogP contribution in [0.25, 0.3) is 10.9 Å². The Morgan fingerprint density at radius 3 is 2.86 bits per heavy atom. The SMILES string of the molecule is N#CC1CCOC[C@@H]1n1nc(Nc2ccc3c(c2)CN(CC(F)(F)F)S3(=O)=O)c2c(=O)[nH]ccc21. The molecule has 0 amide bonds. The summed E-state index contributed by atoms with van der Waals surface area (Å²) >= 11 is 0. The van der Waals surface area contributed by atoms with E-state index < -0.39 is 40.9 Å². The summed E-state index contributed by atoms with van der Waals surface area (Å²) in [4.78, 5) is 15.0. The van der Waals surface area contributed by atoms with Crippen LogP contribution >= 0.6 is 0 Å². The molecule has 10 nitrogen and oxygen atoms in total. The standard InChI is InChI=1S/C21H19F3N6O4S/c22-21(23,24)11-29-9-13-7-14(1-2-17(13)35(29,32)33)27-19-18-15(3-5-26-20(18)31)30(28-19)16-10-34-6-4-12(16)8-25/h1-3,5,7,12,16H,4,6,9-11H2,(H,26,31)(H,27,28)/t12?,16-/m0/s1. The highest BCUT2D eigenvalue weighted by atomic mass is 32.2. The highest BCUT2D eigenvalue weighted by molar-refractivity contribution is 7.89. The molecule has 4 heterocycles. The van der Waals surface area contributed by atoms with Crippen molar-refractivity contribution in [1.29, 1.82) is 5.26 Å². The molecule has 0 aliphatic carbocycles. The first-order valence-corrected chi connectivity index (χ1v) is 12.1. The molecule has 1 fully saturated rings. The van der Waals surface area contributed by atoms with E-state index in [-0.39, 0.29) is 34.2 Å². The summed E-state index contributed by atoms with van der Waals surface area (Å²) in [7, 11) is -4.26. The van der Waals surface area contributed by atoms with Crippen molar-refractivity contribution in [3.63, 3.8) is 0 Å². The Balaban J connectivity index is 1.52. The lowest BCUT2D eigenvalue weighted by atomic mass is 9.96. The van der Waals surface area contributed by atoms with Crippen molar-refractivity contribution < 1.29 is 26.3 Å². The second-order valence-corrected chi connectivity index (χ2v) is 10.3. The van der Waals surface area contributed by atoms with Crippen molar-refractivity contribution in [2.75, 3.05) is 25.1 Å². The number of sulfonamides is 1. The first kappa shape index (κ1) is 23.3. The van der Waals surface area contributed by atoms with Crippen molar-refractivity contribution in [3.8, 4) is 6.07 Å². The Hall–Kier alpha value is -3.41. The fourth-order valence-corrected chi connectivity index (χ4v) is 6.08. The second kappa shape index (κ2) is 8.36. The topological polar surface area (TPSA) is 133 Å². The Kier molecular flexibility index (Phi) is 5.58. The van der Waals surface area contributed by atoms with Crippen LogP contribution in [0.2, 0.25) is 0 Å². The van der Waals surface area contributed by atoms with Gasteiger partial charge in [0.2, 0.25) is 10.0 Å². The van der Waals surface area contributed by atoms with E-state index in [0.29, 0.717) is 28.5 Å². The number of ether oxygens (including phenoxy) is 1. The summed E-state index contributed by atoms with van der Waals surface area (Å²) in [6.45, 7) is -1.32. The molecule has 2 atom stereocenters. The molecular formula is C21H19F3N6O4S. The number of nitrogens with zero attached hydrogens (tertiary/aromatic N) is 4. The highest BCUT2D eigenvalue weighted by Gasteiger charge is 2.42. The molecular weight excluding hydrogens is 489 g/mol. The van der Waals surface area contributed by atoms with Crippen LogP contribution < -0.4 is 10.9 Å². The van der Waals surface area contributed by atoms with Crippen LogP contribution in [0.5, 0.6) is 0 Å². The smallest absolute Gasteiger partial charge is 0.379 e. The van der Waals surface area contributed by atoms with Gasteiger partial charge in [-0.2, -0.15) is 27.8 Å². The number of anilines is 2. The van der Waals surface area contributed by atoms with Gasteiger partial charge >= 0.3 is 6.18 Å². The maximum Gasteiger partial charge on any atom is 0.402 e. The molecule has 0 spiro atoms. The van der Waals surface area contributed by atoms with Gasteiger partial charge in [0.1, 0.15) is 11.9 Å². The number of pyridine rings is 1. The molecule has 1 unspecified atom stereocenters. The van der Waals surface area contributed by atoms with Crippen molar-refractivity contribution in [2.24, 2.45) is 5.92 Å². The van der Waals surface area contributed by atoms with E-state index >= 15 is 0 Å². The molecule has 2 aliphatic heterocycles. The number of rotatable bonds is 4. The van der Waals surface area contributed by atoms with Gasteiger partial charge in [-0.3, -0.25) is 9.48 Å². The van der Waals surface area contributed by atoms with E-state index in [2.05, 4.69) is 21.5 Å². The third-order valence-corrected chi connectivity index (χ3v) is 7.97. The minimum atomic E-state index is -4.67. The minimum Gasteiger partial charge on any atom is -0.379 e. The van der Waals surface area contributed by atoms with Gasteiger partial charge in [0.15, 0.2) is 5.82 Å². The van der Waals surface area contributed by atoms with E-state index in [4.69, 9.17) is 4.74 Å². The molecule has 14 heteroatoms. The number of aromatic amines is 1. The largest absolute Gasteiger partial charge is 0.402 e. The van der Waals surface area contributed by atoms with Gasteiger partial charge in [-0.15, -0.1) is 0 Å². The number of aromatic nitrogens is 3. The lowest BCUT2D eigenvalue weighted by Gasteiger charge is -2.27. The van der Waals surface area contributed by atoms with E-state index in [0.717, 1.165) is 0 Å². The van der Waals surface area contributed by atoms with Gasteiger partial charge in [0.05, 0.1) is 35.0 Å². The molecule has 1 aromatic carbocycles. The number of halogens is 3. The van der Waals surface area contributed by atoms with Crippen LogP contribution in [-0.2, 0) is 21.3 Å². The number of nitrogens with one attached hydrogen (secondary N) is 2. The van der Waals surface area contributed by atoms with Gasteiger partial charge < -0.3 is 15.0 Å². The lowest BCUT2D eigenvalue weighted by molar-refractivity contribution is -0.136. The Morgan fingerprint density at radius 1 is 1.31 bits per heavy atom. The predicted molar refractivity (Wildman–Crippen MR) is 117 cm³/mol. The quantitative estimate of drug-likeness (QED) is 0.554. The van der Waals surface area contributed by atoms with E-state index in [9.17, 15) is 31.6 Å². The van der Waals surface area contributed by atoms with Crippen molar-refractivity contribution in [3.05, 3.63) is 46.4 Å². The van der Waals surface area contributed by atoms with E-state index in [1.807, 2.05) is 0 Å². The van der Waals surface area contributed by atoms with Crippen molar-refractivity contribution in [1.82, 2.24) is 19.1 Å². The van der Waals surface area contributed by atoms with Crippen LogP contribution in [-0.4, -0.2) is 53.4 Å². The van der Waals surface area contributed by atoms with Crippen molar-refractivity contribution >= 4 is 32.4 Å². The Labute approximate surface area is 197 Å². The number of nitriles is 1.